The second-order valence-electron chi connectivity index (χ2n) is 5.56. The number of aromatic nitrogens is 5. The molecule has 0 bridgehead atoms. The average Bonchev–Trinajstić information content (AvgIpc) is 2.61. The van der Waals surface area contributed by atoms with Crippen LogP contribution in [0.3, 0.4) is 0 Å². The lowest BCUT2D eigenvalue weighted by Crippen LogP contribution is -2.47. The van der Waals surface area contributed by atoms with Crippen LogP contribution in [0, 0.1) is 6.92 Å². The third-order valence-corrected chi connectivity index (χ3v) is 4.06. The summed E-state index contributed by atoms with van der Waals surface area (Å²) in [5, 5.41) is 1.04. The Morgan fingerprint density at radius 1 is 0.913 bits per heavy atom. The second-order valence-corrected chi connectivity index (χ2v) is 5.56. The summed E-state index contributed by atoms with van der Waals surface area (Å²) in [7, 11) is 0. The normalized spacial score (nSPS) is 15.2. The molecule has 116 valence electrons. The molecule has 0 N–H and O–H groups in total. The lowest BCUT2D eigenvalue weighted by atomic mass is 10.2. The van der Waals surface area contributed by atoms with Crippen molar-refractivity contribution in [1.29, 1.82) is 0 Å². The first-order chi connectivity index (χ1) is 11.3. The van der Waals surface area contributed by atoms with Crippen LogP contribution in [-0.4, -0.2) is 51.1 Å². The molecule has 0 atom stereocenters. The Balaban J connectivity index is 1.55. The third-order valence-electron chi connectivity index (χ3n) is 4.06. The molecule has 0 amide bonds. The van der Waals surface area contributed by atoms with Crippen molar-refractivity contribution >= 4 is 22.7 Å². The van der Waals surface area contributed by atoms with E-state index in [9.17, 15) is 0 Å². The molecular weight excluding hydrogens is 290 g/mol. The summed E-state index contributed by atoms with van der Waals surface area (Å²) < 4.78 is 0. The second kappa shape index (κ2) is 5.75. The molecule has 23 heavy (non-hydrogen) atoms. The summed E-state index contributed by atoms with van der Waals surface area (Å²) in [4.78, 5) is 26.3. The lowest BCUT2D eigenvalue weighted by Gasteiger charge is -2.35. The van der Waals surface area contributed by atoms with Gasteiger partial charge in [-0.25, -0.2) is 19.9 Å². The summed E-state index contributed by atoms with van der Waals surface area (Å²) in [6.07, 6.45) is 6.98. The third kappa shape index (κ3) is 2.65. The molecule has 0 aromatic carbocycles. The van der Waals surface area contributed by atoms with Gasteiger partial charge in [0.15, 0.2) is 0 Å². The molecule has 1 aliphatic heterocycles. The Morgan fingerprint density at radius 3 is 2.57 bits per heavy atom. The first kappa shape index (κ1) is 13.8. The van der Waals surface area contributed by atoms with Gasteiger partial charge >= 0.3 is 0 Å². The van der Waals surface area contributed by atoms with E-state index in [-0.39, 0.29) is 0 Å². The summed E-state index contributed by atoms with van der Waals surface area (Å²) in [5.74, 6) is 1.78. The molecule has 4 heterocycles. The van der Waals surface area contributed by atoms with Gasteiger partial charge in [0.2, 0.25) is 5.95 Å². The van der Waals surface area contributed by atoms with Crippen molar-refractivity contribution in [3.8, 4) is 0 Å². The van der Waals surface area contributed by atoms with Gasteiger partial charge in [-0.05, 0) is 19.1 Å². The van der Waals surface area contributed by atoms with Gasteiger partial charge < -0.3 is 9.80 Å². The molecule has 1 fully saturated rings. The van der Waals surface area contributed by atoms with Crippen molar-refractivity contribution in [2.45, 2.75) is 6.92 Å². The minimum Gasteiger partial charge on any atom is -0.352 e. The summed E-state index contributed by atoms with van der Waals surface area (Å²) in [6, 6.07) is 3.89. The molecule has 7 heteroatoms. The quantitative estimate of drug-likeness (QED) is 0.709. The molecule has 0 radical (unpaired) electrons. The van der Waals surface area contributed by atoms with Crippen molar-refractivity contribution in [1.82, 2.24) is 24.9 Å². The smallest absolute Gasteiger partial charge is 0.225 e. The zero-order valence-corrected chi connectivity index (χ0v) is 12.9. The van der Waals surface area contributed by atoms with E-state index >= 15 is 0 Å². The van der Waals surface area contributed by atoms with Crippen LogP contribution < -0.4 is 9.80 Å². The summed E-state index contributed by atoms with van der Waals surface area (Å²) in [6.45, 7) is 5.50. The number of fused-ring (bicyclic) bond motifs is 1. The van der Waals surface area contributed by atoms with Gasteiger partial charge in [0.25, 0.3) is 0 Å². The number of anilines is 2. The van der Waals surface area contributed by atoms with E-state index in [1.165, 1.54) is 0 Å². The molecular formula is C16H17N7. The molecule has 4 rings (SSSR count). The standard InChI is InChI=1S/C16H17N7/c1-12-2-5-18-16(21-12)23-8-6-22(7-9-23)15-13-3-4-17-10-14(13)19-11-20-15/h2-5,10-11H,6-9H2,1H3. The highest BCUT2D eigenvalue weighted by Crippen LogP contribution is 2.23. The molecule has 0 aliphatic carbocycles. The molecule has 0 saturated carbocycles. The van der Waals surface area contributed by atoms with Gasteiger partial charge in [0, 0.05) is 49.7 Å². The van der Waals surface area contributed by atoms with Crippen LogP contribution in [-0.2, 0) is 0 Å². The van der Waals surface area contributed by atoms with Crippen molar-refractivity contribution < 1.29 is 0 Å². The van der Waals surface area contributed by atoms with Gasteiger partial charge in [-0.1, -0.05) is 0 Å². The van der Waals surface area contributed by atoms with Gasteiger partial charge in [-0.15, -0.1) is 0 Å². The fourth-order valence-electron chi connectivity index (χ4n) is 2.85. The van der Waals surface area contributed by atoms with Gasteiger partial charge in [-0.3, -0.25) is 4.98 Å². The number of aryl methyl sites for hydroxylation is 1. The minimum atomic E-state index is 0.807. The number of pyridine rings is 1. The van der Waals surface area contributed by atoms with Crippen LogP contribution >= 0.6 is 0 Å². The van der Waals surface area contributed by atoms with Crippen LogP contribution in [0.15, 0.2) is 37.1 Å². The SMILES string of the molecule is Cc1ccnc(N2CCN(c3ncnc4cnccc34)CC2)n1. The molecule has 0 unspecified atom stereocenters. The predicted octanol–water partition coefficient (Wildman–Crippen LogP) is 1.45. The zero-order chi connectivity index (χ0) is 15.6. The van der Waals surface area contributed by atoms with Crippen molar-refractivity contribution in [3.63, 3.8) is 0 Å². The van der Waals surface area contributed by atoms with Crippen LogP contribution in [0.2, 0.25) is 0 Å². The maximum atomic E-state index is 4.51. The number of hydrogen-bond donors (Lipinski definition) is 0. The Labute approximate surface area is 134 Å². The van der Waals surface area contributed by atoms with E-state index in [1.54, 1.807) is 18.7 Å². The lowest BCUT2D eigenvalue weighted by molar-refractivity contribution is 0.635. The highest BCUT2D eigenvalue weighted by atomic mass is 15.3. The Bertz CT molecular complexity index is 822. The van der Waals surface area contributed by atoms with E-state index in [4.69, 9.17) is 0 Å². The van der Waals surface area contributed by atoms with Crippen LogP contribution in [0.4, 0.5) is 11.8 Å². The Morgan fingerprint density at radius 2 is 1.74 bits per heavy atom. The number of rotatable bonds is 2. The molecule has 1 aliphatic rings. The van der Waals surface area contributed by atoms with Crippen molar-refractivity contribution in [3.05, 3.63) is 42.7 Å². The first-order valence-corrected chi connectivity index (χ1v) is 7.65. The number of nitrogens with zero attached hydrogens (tertiary/aromatic N) is 7. The largest absolute Gasteiger partial charge is 0.352 e. The highest BCUT2D eigenvalue weighted by Gasteiger charge is 2.21. The van der Waals surface area contributed by atoms with Gasteiger partial charge in [-0.2, -0.15) is 0 Å². The molecule has 3 aromatic rings. The maximum Gasteiger partial charge on any atom is 0.225 e. The summed E-state index contributed by atoms with van der Waals surface area (Å²) >= 11 is 0. The zero-order valence-electron chi connectivity index (χ0n) is 12.9. The topological polar surface area (TPSA) is 70.9 Å². The average molecular weight is 307 g/mol. The monoisotopic (exact) mass is 307 g/mol. The van der Waals surface area contributed by atoms with Crippen LogP contribution in [0.25, 0.3) is 10.9 Å². The Hall–Kier alpha value is -2.83. The highest BCUT2D eigenvalue weighted by molar-refractivity contribution is 5.88. The molecule has 1 saturated heterocycles. The molecule has 3 aromatic heterocycles. The van der Waals surface area contributed by atoms with Crippen molar-refractivity contribution in [2.24, 2.45) is 0 Å². The fourth-order valence-corrected chi connectivity index (χ4v) is 2.85. The predicted molar refractivity (Wildman–Crippen MR) is 88.5 cm³/mol. The van der Waals surface area contributed by atoms with E-state index in [0.717, 1.165) is 54.5 Å². The van der Waals surface area contributed by atoms with Crippen LogP contribution in [0.5, 0.6) is 0 Å². The van der Waals surface area contributed by atoms with E-state index in [2.05, 4.69) is 34.7 Å². The molecule has 7 nitrogen and oxygen atoms in total. The van der Waals surface area contributed by atoms with E-state index in [1.807, 2.05) is 25.3 Å². The minimum absolute atomic E-state index is 0.807. The number of piperazine rings is 1. The van der Waals surface area contributed by atoms with Gasteiger partial charge in [0.05, 0.1) is 11.7 Å². The first-order valence-electron chi connectivity index (χ1n) is 7.65. The van der Waals surface area contributed by atoms with Crippen LogP contribution in [0.1, 0.15) is 5.69 Å². The molecule has 0 spiro atoms. The van der Waals surface area contributed by atoms with E-state index in [0.29, 0.717) is 0 Å². The summed E-state index contributed by atoms with van der Waals surface area (Å²) in [5.41, 5.74) is 1.87. The van der Waals surface area contributed by atoms with E-state index < -0.39 is 0 Å². The van der Waals surface area contributed by atoms with Gasteiger partial charge in [0.1, 0.15) is 12.1 Å². The fraction of sp³-hybridized carbons (Fsp3) is 0.312. The maximum absolute atomic E-state index is 4.51. The van der Waals surface area contributed by atoms with Crippen molar-refractivity contribution in [2.75, 3.05) is 36.0 Å². The number of hydrogen-bond acceptors (Lipinski definition) is 7. The Kier molecular flexibility index (Phi) is 3.45.